The molecule has 10 nitrogen and oxygen atoms in total. The minimum Gasteiger partial charge on any atom is -0.444 e. The average Bonchev–Trinajstić information content (AvgIpc) is 3.27. The van der Waals surface area contributed by atoms with Gasteiger partial charge < -0.3 is 19.3 Å². The molecule has 0 spiro atoms. The van der Waals surface area contributed by atoms with Gasteiger partial charge >= 0.3 is 6.09 Å². The smallest absolute Gasteiger partial charge is 0.410 e. The number of hydrogen-bond acceptors (Lipinski definition) is 8. The molecule has 0 N–H and O–H groups in total. The Hall–Kier alpha value is -4.12. The summed E-state index contributed by atoms with van der Waals surface area (Å²) in [7, 11) is 0. The highest BCUT2D eigenvalue weighted by molar-refractivity contribution is 5.89. The fourth-order valence-corrected chi connectivity index (χ4v) is 5.06. The summed E-state index contributed by atoms with van der Waals surface area (Å²) >= 11 is 0. The van der Waals surface area contributed by atoms with Crippen molar-refractivity contribution in [2.24, 2.45) is 0 Å². The van der Waals surface area contributed by atoms with Gasteiger partial charge in [-0.25, -0.2) is 28.8 Å². The number of halogens is 1. The van der Waals surface area contributed by atoms with Crippen molar-refractivity contribution in [2.45, 2.75) is 45.1 Å². The zero-order chi connectivity index (χ0) is 27.1. The third-order valence-corrected chi connectivity index (χ3v) is 6.73. The van der Waals surface area contributed by atoms with E-state index in [9.17, 15) is 9.18 Å². The van der Waals surface area contributed by atoms with Crippen molar-refractivity contribution in [3.63, 3.8) is 0 Å². The molecule has 0 saturated carbocycles. The van der Waals surface area contributed by atoms with Crippen LogP contribution < -0.4 is 4.90 Å². The highest BCUT2D eigenvalue weighted by Gasteiger charge is 2.38. The summed E-state index contributed by atoms with van der Waals surface area (Å²) in [6.45, 7) is 8.01. The Balaban J connectivity index is 1.19. The van der Waals surface area contributed by atoms with Gasteiger partial charge in [0.1, 0.15) is 17.1 Å². The lowest BCUT2D eigenvalue weighted by atomic mass is 10.1. The number of rotatable bonds is 4. The summed E-state index contributed by atoms with van der Waals surface area (Å²) in [5.41, 5.74) is 2.09. The Bertz CT molecular complexity index is 1490. The maximum Gasteiger partial charge on any atom is 0.410 e. The van der Waals surface area contributed by atoms with Gasteiger partial charge in [-0.1, -0.05) is 18.2 Å². The molecule has 1 aromatic carbocycles. The fraction of sp³-hybridized carbons (Fsp3) is 0.393. The number of morpholine rings is 2. The molecule has 2 bridgehead atoms. The minimum absolute atomic E-state index is 0.131. The quantitative estimate of drug-likeness (QED) is 0.391. The predicted octanol–water partition coefficient (Wildman–Crippen LogP) is 3.90. The normalized spacial score (nSPS) is 19.4. The lowest BCUT2D eigenvalue weighted by molar-refractivity contribution is -0.0949. The Morgan fingerprint density at radius 2 is 1.74 bits per heavy atom. The molecule has 0 radical (unpaired) electrons. The first kappa shape index (κ1) is 25.2. The van der Waals surface area contributed by atoms with Gasteiger partial charge in [0.25, 0.3) is 0 Å². The lowest BCUT2D eigenvalue weighted by Crippen LogP contribution is -2.61. The van der Waals surface area contributed by atoms with Crippen molar-refractivity contribution in [1.29, 1.82) is 0 Å². The van der Waals surface area contributed by atoms with Crippen LogP contribution in [0.5, 0.6) is 0 Å². The molecule has 0 aliphatic carbocycles. The molecule has 2 unspecified atom stereocenters. The molecule has 1 amide bonds. The van der Waals surface area contributed by atoms with Gasteiger partial charge in [-0.05, 0) is 39.0 Å². The van der Waals surface area contributed by atoms with Crippen molar-refractivity contribution >= 4 is 22.8 Å². The van der Waals surface area contributed by atoms with Crippen molar-refractivity contribution < 1.29 is 18.7 Å². The van der Waals surface area contributed by atoms with Crippen LogP contribution in [0.1, 0.15) is 26.3 Å². The summed E-state index contributed by atoms with van der Waals surface area (Å²) < 4.78 is 27.6. The van der Waals surface area contributed by atoms with Crippen molar-refractivity contribution in [2.75, 3.05) is 31.1 Å². The van der Waals surface area contributed by atoms with Gasteiger partial charge in [0, 0.05) is 24.8 Å². The number of benzene rings is 1. The third kappa shape index (κ3) is 5.26. The molecule has 2 fully saturated rings. The van der Waals surface area contributed by atoms with Crippen molar-refractivity contribution in [3.05, 3.63) is 66.4 Å². The number of fused-ring (bicyclic) bond motifs is 3. The molecule has 5 heterocycles. The van der Waals surface area contributed by atoms with E-state index >= 15 is 0 Å². The third-order valence-electron chi connectivity index (χ3n) is 6.73. The van der Waals surface area contributed by atoms with E-state index in [1.165, 1.54) is 6.07 Å². The first-order valence-corrected chi connectivity index (χ1v) is 13.0. The Labute approximate surface area is 225 Å². The van der Waals surface area contributed by atoms with Crippen LogP contribution in [0.4, 0.5) is 14.9 Å². The molecule has 2 atom stereocenters. The summed E-state index contributed by atoms with van der Waals surface area (Å²) in [4.78, 5) is 30.2. The first-order valence-electron chi connectivity index (χ1n) is 13.0. The summed E-state index contributed by atoms with van der Waals surface area (Å²) in [5.74, 6) is 0.178. The van der Waals surface area contributed by atoms with Crippen molar-refractivity contribution in [3.8, 4) is 11.5 Å². The van der Waals surface area contributed by atoms with Crippen LogP contribution in [-0.4, -0.2) is 79.7 Å². The minimum atomic E-state index is -0.537. The second kappa shape index (κ2) is 9.88. The summed E-state index contributed by atoms with van der Waals surface area (Å²) in [6.07, 6.45) is 4.69. The molecular weight excluding hydrogens is 501 g/mol. The van der Waals surface area contributed by atoms with Gasteiger partial charge in [0.15, 0.2) is 11.5 Å². The van der Waals surface area contributed by atoms with E-state index in [1.54, 1.807) is 46.4 Å². The molecule has 4 aromatic rings. The Morgan fingerprint density at radius 3 is 2.44 bits per heavy atom. The number of nitrogens with zero attached hydrogens (tertiary/aromatic N) is 7. The number of carbonyl (C=O) groups excluding carboxylic acids is 1. The van der Waals surface area contributed by atoms with E-state index in [0.29, 0.717) is 48.9 Å². The fourth-order valence-electron chi connectivity index (χ4n) is 5.06. The van der Waals surface area contributed by atoms with Gasteiger partial charge in [-0.3, -0.25) is 0 Å². The van der Waals surface area contributed by atoms with Crippen LogP contribution in [0.2, 0.25) is 0 Å². The van der Waals surface area contributed by atoms with Crippen LogP contribution >= 0.6 is 0 Å². The lowest BCUT2D eigenvalue weighted by Gasteiger charge is -2.46. The van der Waals surface area contributed by atoms with Crippen molar-refractivity contribution in [1.82, 2.24) is 29.6 Å². The standard InChI is InChI=1S/C28H30FN7O3/c1-28(2,3)39-27(37)35-16-20-14-34(15-21(17-35)38-20)19-11-31-25(32-12-19)24-22-8-6-10-30-26(22)36(33-24)13-18-7-4-5-9-23(18)29/h4-12,20-21H,13-17H2,1-3H3. The Morgan fingerprint density at radius 1 is 1.03 bits per heavy atom. The summed E-state index contributed by atoms with van der Waals surface area (Å²) in [6, 6.07) is 10.4. The molecule has 39 heavy (non-hydrogen) atoms. The molecule has 11 heteroatoms. The number of ether oxygens (including phenoxy) is 2. The van der Waals surface area contributed by atoms with Gasteiger partial charge in [-0.15, -0.1) is 0 Å². The van der Waals surface area contributed by atoms with Crippen LogP contribution in [0.25, 0.3) is 22.6 Å². The van der Waals surface area contributed by atoms with Crippen LogP contribution in [-0.2, 0) is 16.0 Å². The molecule has 202 valence electrons. The van der Waals surface area contributed by atoms with E-state index in [1.807, 2.05) is 32.9 Å². The molecular formula is C28H30FN7O3. The average molecular weight is 532 g/mol. The number of carbonyl (C=O) groups is 1. The number of pyridine rings is 1. The van der Waals surface area contributed by atoms with E-state index in [2.05, 4.69) is 19.9 Å². The highest BCUT2D eigenvalue weighted by Crippen LogP contribution is 2.28. The number of anilines is 1. The zero-order valence-electron chi connectivity index (χ0n) is 22.1. The maximum absolute atomic E-state index is 14.3. The number of hydrogen-bond donors (Lipinski definition) is 0. The van der Waals surface area contributed by atoms with E-state index < -0.39 is 5.60 Å². The highest BCUT2D eigenvalue weighted by atomic mass is 19.1. The number of aromatic nitrogens is 5. The SMILES string of the molecule is CC(C)(C)OC(=O)N1CC2CN(c3cnc(-c4nn(Cc5ccccc5F)c5ncccc45)nc3)CC(C1)O2. The molecule has 3 aromatic heterocycles. The first-order chi connectivity index (χ1) is 18.7. The second-order valence-corrected chi connectivity index (χ2v) is 10.9. The summed E-state index contributed by atoms with van der Waals surface area (Å²) in [5, 5.41) is 5.51. The number of amides is 1. The van der Waals surface area contributed by atoms with Crippen LogP contribution in [0.3, 0.4) is 0 Å². The van der Waals surface area contributed by atoms with Gasteiger partial charge in [-0.2, -0.15) is 5.10 Å². The van der Waals surface area contributed by atoms with E-state index in [0.717, 1.165) is 11.1 Å². The van der Waals surface area contributed by atoms with Gasteiger partial charge in [0.2, 0.25) is 0 Å². The van der Waals surface area contributed by atoms with Gasteiger partial charge in [0.05, 0.1) is 55.3 Å². The molecule has 2 aliphatic rings. The largest absolute Gasteiger partial charge is 0.444 e. The zero-order valence-corrected chi connectivity index (χ0v) is 22.1. The van der Waals surface area contributed by atoms with E-state index in [4.69, 9.17) is 14.6 Å². The molecule has 2 saturated heterocycles. The second-order valence-electron chi connectivity index (χ2n) is 10.9. The van der Waals surface area contributed by atoms with Crippen LogP contribution in [0.15, 0.2) is 55.0 Å². The molecule has 6 rings (SSSR count). The molecule has 2 aliphatic heterocycles. The van der Waals surface area contributed by atoms with E-state index in [-0.39, 0.29) is 30.7 Å². The maximum atomic E-state index is 14.3. The predicted molar refractivity (Wildman–Crippen MR) is 143 cm³/mol. The monoisotopic (exact) mass is 531 g/mol. The van der Waals surface area contributed by atoms with Crippen LogP contribution in [0, 0.1) is 5.82 Å². The Kier molecular flexibility index (Phi) is 6.38. The topological polar surface area (TPSA) is 98.5 Å².